The van der Waals surface area contributed by atoms with Gasteiger partial charge in [0, 0.05) is 24.3 Å². The van der Waals surface area contributed by atoms with Crippen LogP contribution in [0.1, 0.15) is 52.9 Å². The number of likely N-dealkylation sites (N-methyl/N-ethyl adjacent to an activating group) is 1. The molecule has 0 spiro atoms. The Balaban J connectivity index is 0. The zero-order valence-corrected chi connectivity index (χ0v) is 19.3. The molecule has 0 aromatic heterocycles. The topological polar surface area (TPSA) is 85.9 Å². The highest BCUT2D eigenvalue weighted by atomic mass is 32.2. The summed E-state index contributed by atoms with van der Waals surface area (Å²) in [7, 11) is 1.89. The molecule has 168 valence electrons. The monoisotopic (exact) mass is 422 g/mol. The zero-order valence-electron chi connectivity index (χ0n) is 18.5. The molecule has 0 aromatic carbocycles. The van der Waals surface area contributed by atoms with Crippen LogP contribution in [0.4, 0.5) is 4.79 Å². The van der Waals surface area contributed by atoms with Crippen LogP contribution in [-0.2, 0) is 19.0 Å². The van der Waals surface area contributed by atoms with Crippen molar-refractivity contribution in [2.24, 2.45) is 0 Å². The number of aldehydes is 1. The van der Waals surface area contributed by atoms with Crippen LogP contribution in [0, 0.1) is 0 Å². The maximum absolute atomic E-state index is 11.6. The summed E-state index contributed by atoms with van der Waals surface area (Å²) in [5.74, 6) is 0. The Kier molecular flexibility index (Phi) is 25.4. The molecule has 28 heavy (non-hydrogen) atoms. The van der Waals surface area contributed by atoms with Crippen LogP contribution in [0.5, 0.6) is 0 Å². The van der Waals surface area contributed by atoms with Gasteiger partial charge in [-0.2, -0.15) is 11.8 Å². The lowest BCUT2D eigenvalue weighted by Gasteiger charge is -2.27. The van der Waals surface area contributed by atoms with Crippen LogP contribution in [0.25, 0.3) is 0 Å². The molecule has 1 rings (SSSR count). The fourth-order valence-corrected chi connectivity index (χ4v) is 3.08. The molecule has 0 saturated heterocycles. The van der Waals surface area contributed by atoms with Gasteiger partial charge in [-0.1, -0.05) is 20.8 Å². The van der Waals surface area contributed by atoms with Crippen molar-refractivity contribution in [2.75, 3.05) is 52.9 Å². The first-order chi connectivity index (χ1) is 13.7. The standard InChI is InChI=1S/C15H30N2O4S.C3H6O.C2H6/c1-16-7-8-19-9-10-20-11-12-21-15(18)17-13-3-5-14(22-2)6-4-13;1-2-3-4;1-2/h13-14,16H,3-12H2,1-2H3,(H,17,18);3H,2H2,1H3;1-2H3. The van der Waals surface area contributed by atoms with E-state index in [1.54, 1.807) is 0 Å². The maximum Gasteiger partial charge on any atom is 0.407 e. The minimum atomic E-state index is -0.332. The van der Waals surface area contributed by atoms with E-state index in [0.29, 0.717) is 32.8 Å². The van der Waals surface area contributed by atoms with Crippen molar-refractivity contribution in [3.05, 3.63) is 0 Å². The molecule has 1 amide bonds. The van der Waals surface area contributed by atoms with E-state index < -0.39 is 0 Å². The largest absolute Gasteiger partial charge is 0.447 e. The van der Waals surface area contributed by atoms with E-state index in [-0.39, 0.29) is 18.7 Å². The minimum Gasteiger partial charge on any atom is -0.447 e. The molecule has 0 atom stereocenters. The molecule has 1 saturated carbocycles. The van der Waals surface area contributed by atoms with Crippen molar-refractivity contribution in [2.45, 2.75) is 64.2 Å². The Morgan fingerprint density at radius 1 is 1.04 bits per heavy atom. The van der Waals surface area contributed by atoms with Crippen LogP contribution in [0.3, 0.4) is 0 Å². The number of hydrogen-bond acceptors (Lipinski definition) is 7. The van der Waals surface area contributed by atoms with Crippen molar-refractivity contribution in [1.29, 1.82) is 0 Å². The summed E-state index contributed by atoms with van der Waals surface area (Å²) in [4.78, 5) is 20.8. The summed E-state index contributed by atoms with van der Waals surface area (Å²) in [6.45, 7) is 9.09. The quantitative estimate of drug-likeness (QED) is 0.369. The molecule has 0 aliphatic heterocycles. The number of ether oxygens (including phenoxy) is 3. The van der Waals surface area contributed by atoms with Gasteiger partial charge in [0.2, 0.25) is 0 Å². The third-order valence-corrected chi connectivity index (χ3v) is 4.96. The number of thioether (sulfide) groups is 1. The van der Waals surface area contributed by atoms with Gasteiger partial charge < -0.3 is 29.6 Å². The Morgan fingerprint density at radius 3 is 2.07 bits per heavy atom. The van der Waals surface area contributed by atoms with E-state index in [9.17, 15) is 9.59 Å². The van der Waals surface area contributed by atoms with E-state index in [1.165, 1.54) is 12.8 Å². The summed E-state index contributed by atoms with van der Waals surface area (Å²) in [5.41, 5.74) is 0. The number of hydrogen-bond donors (Lipinski definition) is 2. The minimum absolute atomic E-state index is 0.261. The number of rotatable bonds is 12. The molecule has 8 heteroatoms. The van der Waals surface area contributed by atoms with Crippen LogP contribution in [0.15, 0.2) is 0 Å². The Bertz CT molecular complexity index is 341. The highest BCUT2D eigenvalue weighted by molar-refractivity contribution is 7.99. The van der Waals surface area contributed by atoms with E-state index in [1.807, 2.05) is 39.6 Å². The third-order valence-electron chi connectivity index (χ3n) is 3.83. The molecule has 1 aliphatic rings. The third kappa shape index (κ3) is 19.9. The first kappa shape index (κ1) is 29.4. The molecular weight excluding hydrogens is 380 g/mol. The fraction of sp³-hybridized carbons (Fsp3) is 0.900. The average molecular weight is 423 g/mol. The van der Waals surface area contributed by atoms with E-state index >= 15 is 0 Å². The van der Waals surface area contributed by atoms with Gasteiger partial charge in [-0.25, -0.2) is 4.79 Å². The second kappa shape index (κ2) is 24.2. The second-order valence-electron chi connectivity index (χ2n) is 5.89. The molecule has 0 radical (unpaired) electrons. The molecule has 1 aliphatic carbocycles. The van der Waals surface area contributed by atoms with Gasteiger partial charge in [-0.05, 0) is 39.0 Å². The smallest absolute Gasteiger partial charge is 0.407 e. The van der Waals surface area contributed by atoms with Gasteiger partial charge in [-0.15, -0.1) is 0 Å². The first-order valence-electron chi connectivity index (χ1n) is 10.4. The highest BCUT2D eigenvalue weighted by Crippen LogP contribution is 2.26. The first-order valence-corrected chi connectivity index (χ1v) is 11.7. The number of alkyl carbamates (subject to hydrolysis) is 1. The lowest BCUT2D eigenvalue weighted by atomic mass is 9.95. The molecule has 0 bridgehead atoms. The maximum atomic E-state index is 11.6. The van der Waals surface area contributed by atoms with Crippen molar-refractivity contribution in [1.82, 2.24) is 10.6 Å². The molecule has 1 fully saturated rings. The number of carbonyl (C=O) groups is 2. The van der Waals surface area contributed by atoms with E-state index in [0.717, 1.165) is 30.9 Å². The van der Waals surface area contributed by atoms with Crippen molar-refractivity contribution >= 4 is 24.1 Å². The Morgan fingerprint density at radius 2 is 1.57 bits per heavy atom. The second-order valence-corrected chi connectivity index (χ2v) is 7.03. The van der Waals surface area contributed by atoms with Crippen molar-refractivity contribution in [3.63, 3.8) is 0 Å². The van der Waals surface area contributed by atoms with Crippen molar-refractivity contribution < 1.29 is 23.8 Å². The van der Waals surface area contributed by atoms with Gasteiger partial charge in [0.25, 0.3) is 0 Å². The lowest BCUT2D eigenvalue weighted by Crippen LogP contribution is -2.38. The summed E-state index contributed by atoms with van der Waals surface area (Å²) in [5, 5.41) is 6.68. The summed E-state index contributed by atoms with van der Waals surface area (Å²) in [6.07, 6.45) is 7.76. The van der Waals surface area contributed by atoms with Gasteiger partial charge in [-0.3, -0.25) is 0 Å². The van der Waals surface area contributed by atoms with Gasteiger partial charge >= 0.3 is 6.09 Å². The van der Waals surface area contributed by atoms with Crippen LogP contribution >= 0.6 is 11.8 Å². The number of nitrogens with one attached hydrogen (secondary N) is 2. The molecule has 0 aromatic rings. The van der Waals surface area contributed by atoms with E-state index in [4.69, 9.17) is 14.2 Å². The predicted molar refractivity (Wildman–Crippen MR) is 117 cm³/mol. The summed E-state index contributed by atoms with van der Waals surface area (Å²) < 4.78 is 15.8. The molecule has 7 nitrogen and oxygen atoms in total. The normalized spacial score (nSPS) is 18.0. The average Bonchev–Trinajstić information content (AvgIpc) is 2.74. The van der Waals surface area contributed by atoms with Crippen LogP contribution in [0.2, 0.25) is 0 Å². The van der Waals surface area contributed by atoms with Crippen LogP contribution < -0.4 is 10.6 Å². The highest BCUT2D eigenvalue weighted by Gasteiger charge is 2.21. The van der Waals surface area contributed by atoms with Gasteiger partial charge in [0.15, 0.2) is 0 Å². The number of carbonyl (C=O) groups excluding carboxylic acids is 2. The van der Waals surface area contributed by atoms with Gasteiger partial charge in [0.05, 0.1) is 26.4 Å². The number of amides is 1. The van der Waals surface area contributed by atoms with Gasteiger partial charge in [0.1, 0.15) is 12.9 Å². The summed E-state index contributed by atoms with van der Waals surface area (Å²) in [6, 6.07) is 0.261. The molecule has 2 N–H and O–H groups in total. The summed E-state index contributed by atoms with van der Waals surface area (Å²) >= 11 is 1.92. The van der Waals surface area contributed by atoms with E-state index in [2.05, 4.69) is 16.9 Å². The Labute approximate surface area is 176 Å². The molecular formula is C20H42N2O5S. The zero-order chi connectivity index (χ0) is 21.5. The predicted octanol–water partition coefficient (Wildman–Crippen LogP) is 3.26. The fourth-order valence-electron chi connectivity index (χ4n) is 2.34. The SMILES string of the molecule is CC.CCC=O.CNCCOCCOCCOC(=O)NC1CCC(SC)CC1. The Hall–Kier alpha value is -0.830. The van der Waals surface area contributed by atoms with Crippen molar-refractivity contribution in [3.8, 4) is 0 Å². The molecule has 0 heterocycles. The molecule has 0 unspecified atom stereocenters. The lowest BCUT2D eigenvalue weighted by molar-refractivity contribution is -0.107. The van der Waals surface area contributed by atoms with Crippen LogP contribution in [-0.4, -0.2) is 76.6 Å².